The lowest BCUT2D eigenvalue weighted by Crippen LogP contribution is -2.23. The van der Waals surface area contributed by atoms with Crippen molar-refractivity contribution in [1.29, 1.82) is 0 Å². The van der Waals surface area contributed by atoms with Gasteiger partial charge >= 0.3 is 0 Å². The second-order valence-electron chi connectivity index (χ2n) is 6.40. The number of aromatic hydroxyl groups is 2. The zero-order valence-corrected chi connectivity index (χ0v) is 13.2. The second-order valence-corrected chi connectivity index (χ2v) is 6.40. The Labute approximate surface area is 143 Å². The molecule has 2 aromatic carbocycles. The molecule has 3 unspecified atom stereocenters. The van der Waals surface area contributed by atoms with Crippen LogP contribution in [-0.4, -0.2) is 26.3 Å². The number of amides is 1. The minimum absolute atomic E-state index is 0.0423. The van der Waals surface area contributed by atoms with E-state index in [1.54, 1.807) is 24.3 Å². The Kier molecular flexibility index (Phi) is 3.52. The van der Waals surface area contributed by atoms with Gasteiger partial charge in [-0.1, -0.05) is 18.2 Å². The maximum absolute atomic E-state index is 12.3. The molecule has 25 heavy (non-hydrogen) atoms. The molecule has 1 heterocycles. The van der Waals surface area contributed by atoms with Crippen LogP contribution in [-0.2, 0) is 4.79 Å². The number of phenols is 2. The number of hydrogen-bond donors (Lipinski definition) is 5. The Morgan fingerprint density at radius 1 is 1.12 bits per heavy atom. The Balaban J connectivity index is 1.76. The number of aliphatic hydroxyl groups is 2. The summed E-state index contributed by atoms with van der Waals surface area (Å²) in [6, 6.07) is 9.32. The molecule has 0 saturated heterocycles. The molecule has 1 amide bonds. The van der Waals surface area contributed by atoms with Crippen LogP contribution in [0, 0.1) is 5.92 Å². The molecule has 0 radical (unpaired) electrons. The van der Waals surface area contributed by atoms with Crippen molar-refractivity contribution < 1.29 is 25.2 Å². The Morgan fingerprint density at radius 3 is 2.72 bits per heavy atom. The lowest BCUT2D eigenvalue weighted by atomic mass is 9.78. The summed E-state index contributed by atoms with van der Waals surface area (Å²) >= 11 is 0. The van der Waals surface area contributed by atoms with E-state index in [2.05, 4.69) is 5.32 Å². The number of benzene rings is 2. The standard InChI is InChI=1S/C19H17NO5/c21-10-4-5-14-12(8-10)13(19(25)20-14)6-9-7-16(23)17-11(18(9)24)2-1-3-15(17)22/h1-6,8-9,16,18,21-24H,7H2,(H,20,25). The number of phenolic OH excluding ortho intramolecular Hbond substituents is 2. The molecule has 6 nitrogen and oxygen atoms in total. The van der Waals surface area contributed by atoms with Crippen LogP contribution >= 0.6 is 0 Å². The molecule has 0 spiro atoms. The first-order chi connectivity index (χ1) is 12.0. The summed E-state index contributed by atoms with van der Waals surface area (Å²) in [5, 5.41) is 43.4. The molecule has 0 saturated carbocycles. The molecular weight excluding hydrogens is 322 g/mol. The monoisotopic (exact) mass is 339 g/mol. The average molecular weight is 339 g/mol. The number of nitrogens with one attached hydrogen (secondary N) is 1. The van der Waals surface area contributed by atoms with Crippen molar-refractivity contribution in [3.63, 3.8) is 0 Å². The van der Waals surface area contributed by atoms with E-state index < -0.39 is 18.1 Å². The van der Waals surface area contributed by atoms with Gasteiger partial charge < -0.3 is 25.7 Å². The SMILES string of the molecule is O=C1Nc2ccc(O)cc2C1=CC1CC(O)c2c(O)cccc2C1O. The Bertz CT molecular complexity index is 905. The number of carbonyl (C=O) groups is 1. The fraction of sp³-hybridized carbons (Fsp3) is 0.211. The Hall–Kier alpha value is -2.83. The van der Waals surface area contributed by atoms with Gasteiger partial charge in [0.2, 0.25) is 0 Å². The second kappa shape index (κ2) is 5.61. The molecule has 1 aliphatic carbocycles. The highest BCUT2D eigenvalue weighted by molar-refractivity contribution is 6.31. The first-order valence-corrected chi connectivity index (χ1v) is 8.00. The summed E-state index contributed by atoms with van der Waals surface area (Å²) in [5.41, 5.74) is 2.30. The largest absolute Gasteiger partial charge is 0.508 e. The number of rotatable bonds is 1. The van der Waals surface area contributed by atoms with E-state index in [-0.39, 0.29) is 23.8 Å². The maximum atomic E-state index is 12.3. The Morgan fingerprint density at radius 2 is 1.92 bits per heavy atom. The topological polar surface area (TPSA) is 110 Å². The molecule has 0 bridgehead atoms. The van der Waals surface area contributed by atoms with Gasteiger partial charge in [0.05, 0.1) is 12.2 Å². The number of carbonyl (C=O) groups excluding carboxylic acids is 1. The maximum Gasteiger partial charge on any atom is 0.256 e. The van der Waals surface area contributed by atoms with Gasteiger partial charge in [-0.2, -0.15) is 0 Å². The molecule has 0 aromatic heterocycles. The van der Waals surface area contributed by atoms with E-state index in [0.717, 1.165) is 0 Å². The third kappa shape index (κ3) is 2.47. The molecule has 0 fully saturated rings. The highest BCUT2D eigenvalue weighted by atomic mass is 16.3. The summed E-state index contributed by atoms with van der Waals surface area (Å²) < 4.78 is 0. The van der Waals surface area contributed by atoms with Crippen LogP contribution < -0.4 is 5.32 Å². The fourth-order valence-corrected chi connectivity index (χ4v) is 3.64. The smallest absolute Gasteiger partial charge is 0.256 e. The van der Waals surface area contributed by atoms with Crippen molar-refractivity contribution >= 4 is 17.2 Å². The minimum atomic E-state index is -0.952. The zero-order chi connectivity index (χ0) is 17.7. The molecule has 3 atom stereocenters. The van der Waals surface area contributed by atoms with Gasteiger partial charge in [-0.05, 0) is 36.2 Å². The van der Waals surface area contributed by atoms with Gasteiger partial charge in [0, 0.05) is 28.3 Å². The molecular formula is C19H17NO5. The quantitative estimate of drug-likeness (QED) is 0.404. The highest BCUT2D eigenvalue weighted by Crippen LogP contribution is 2.46. The van der Waals surface area contributed by atoms with Gasteiger partial charge in [0.1, 0.15) is 11.5 Å². The van der Waals surface area contributed by atoms with E-state index in [0.29, 0.717) is 28.0 Å². The third-order valence-corrected chi connectivity index (χ3v) is 4.84. The van der Waals surface area contributed by atoms with Gasteiger partial charge in [-0.25, -0.2) is 0 Å². The minimum Gasteiger partial charge on any atom is -0.508 e. The molecule has 128 valence electrons. The van der Waals surface area contributed by atoms with Gasteiger partial charge in [-0.3, -0.25) is 4.79 Å². The van der Waals surface area contributed by atoms with Crippen LogP contribution in [0.1, 0.15) is 35.3 Å². The predicted molar refractivity (Wildman–Crippen MR) is 90.8 cm³/mol. The molecule has 2 aliphatic rings. The normalized spacial score (nSPS) is 26.2. The van der Waals surface area contributed by atoms with Gasteiger partial charge in [0.25, 0.3) is 5.91 Å². The lowest BCUT2D eigenvalue weighted by molar-refractivity contribution is -0.110. The number of fused-ring (bicyclic) bond motifs is 2. The summed E-state index contributed by atoms with van der Waals surface area (Å²) in [6.07, 6.45) is -0.0836. The van der Waals surface area contributed by atoms with Crippen LogP contribution in [0.5, 0.6) is 11.5 Å². The van der Waals surface area contributed by atoms with Crippen LogP contribution in [0.15, 0.2) is 42.5 Å². The summed E-state index contributed by atoms with van der Waals surface area (Å²) in [7, 11) is 0. The van der Waals surface area contributed by atoms with Crippen molar-refractivity contribution in [3.8, 4) is 11.5 Å². The highest BCUT2D eigenvalue weighted by Gasteiger charge is 2.35. The van der Waals surface area contributed by atoms with Crippen LogP contribution in [0.2, 0.25) is 0 Å². The van der Waals surface area contributed by atoms with E-state index in [1.165, 1.54) is 18.2 Å². The van der Waals surface area contributed by atoms with E-state index >= 15 is 0 Å². The average Bonchev–Trinajstić information content (AvgIpc) is 2.87. The molecule has 2 aromatic rings. The molecule has 6 heteroatoms. The van der Waals surface area contributed by atoms with Gasteiger partial charge in [0.15, 0.2) is 0 Å². The number of hydrogen-bond acceptors (Lipinski definition) is 5. The summed E-state index contributed by atoms with van der Waals surface area (Å²) in [4.78, 5) is 12.3. The summed E-state index contributed by atoms with van der Waals surface area (Å²) in [6.45, 7) is 0. The number of aliphatic hydroxyl groups excluding tert-OH is 2. The molecule has 1 aliphatic heterocycles. The first kappa shape index (κ1) is 15.7. The van der Waals surface area contributed by atoms with E-state index in [1.807, 2.05) is 0 Å². The van der Waals surface area contributed by atoms with Crippen molar-refractivity contribution in [2.45, 2.75) is 18.6 Å². The van der Waals surface area contributed by atoms with Crippen LogP contribution in [0.25, 0.3) is 5.57 Å². The van der Waals surface area contributed by atoms with Crippen LogP contribution in [0.4, 0.5) is 5.69 Å². The summed E-state index contributed by atoms with van der Waals surface area (Å²) in [5.74, 6) is -0.827. The van der Waals surface area contributed by atoms with Crippen molar-refractivity contribution in [2.24, 2.45) is 5.92 Å². The third-order valence-electron chi connectivity index (χ3n) is 4.84. The zero-order valence-electron chi connectivity index (χ0n) is 13.2. The fourth-order valence-electron chi connectivity index (χ4n) is 3.64. The lowest BCUT2D eigenvalue weighted by Gasteiger charge is -2.32. The van der Waals surface area contributed by atoms with Crippen LogP contribution in [0.3, 0.4) is 0 Å². The van der Waals surface area contributed by atoms with E-state index in [4.69, 9.17) is 0 Å². The van der Waals surface area contributed by atoms with Crippen molar-refractivity contribution in [3.05, 3.63) is 59.2 Å². The van der Waals surface area contributed by atoms with Crippen molar-refractivity contribution in [2.75, 3.05) is 5.32 Å². The molecule has 5 N–H and O–H groups in total. The van der Waals surface area contributed by atoms with Crippen molar-refractivity contribution in [1.82, 2.24) is 0 Å². The first-order valence-electron chi connectivity index (χ1n) is 8.00. The van der Waals surface area contributed by atoms with E-state index in [9.17, 15) is 25.2 Å². The number of anilines is 1. The molecule has 4 rings (SSSR count). The predicted octanol–water partition coefficient (Wildman–Crippen LogP) is 2.22. The van der Waals surface area contributed by atoms with Gasteiger partial charge in [-0.15, -0.1) is 0 Å².